The molecule has 9 heteroatoms. The van der Waals surface area contributed by atoms with E-state index in [2.05, 4.69) is 5.32 Å². The van der Waals surface area contributed by atoms with E-state index in [-0.39, 0.29) is 28.7 Å². The van der Waals surface area contributed by atoms with Crippen molar-refractivity contribution in [1.82, 2.24) is 0 Å². The van der Waals surface area contributed by atoms with Crippen LogP contribution in [0.3, 0.4) is 0 Å². The van der Waals surface area contributed by atoms with Crippen LogP contribution in [0.2, 0.25) is 5.02 Å². The van der Waals surface area contributed by atoms with Gasteiger partial charge >= 0.3 is 6.18 Å². The van der Waals surface area contributed by atoms with Gasteiger partial charge in [0, 0.05) is 18.2 Å². The Hall–Kier alpha value is -2.87. The van der Waals surface area contributed by atoms with Crippen molar-refractivity contribution in [3.05, 3.63) is 57.6 Å². The molecule has 0 radical (unpaired) electrons. The highest BCUT2D eigenvalue weighted by atomic mass is 35.5. The molecule has 0 saturated carbocycles. The molecule has 0 saturated heterocycles. The monoisotopic (exact) mass is 475 g/mol. The van der Waals surface area contributed by atoms with Gasteiger partial charge in [-0.3, -0.25) is 4.79 Å². The molecule has 1 amide bonds. The normalized spacial score (nSPS) is 10.3. The van der Waals surface area contributed by atoms with Crippen LogP contribution in [0.25, 0.3) is 0 Å². The summed E-state index contributed by atoms with van der Waals surface area (Å²) in [5, 5.41) is 13.6. The lowest BCUT2D eigenvalue weighted by atomic mass is 9.85. The molecule has 2 rings (SSSR count). The van der Waals surface area contributed by atoms with Crippen LogP contribution < -0.4 is 5.32 Å². The first-order valence-electron chi connectivity index (χ1n) is 9.16. The van der Waals surface area contributed by atoms with Gasteiger partial charge in [0.15, 0.2) is 0 Å². The molecule has 0 aliphatic carbocycles. The lowest BCUT2D eigenvalue weighted by Crippen LogP contribution is -2.17. The van der Waals surface area contributed by atoms with E-state index in [0.29, 0.717) is 11.3 Å². The van der Waals surface area contributed by atoms with Crippen molar-refractivity contribution in [2.75, 3.05) is 5.32 Å². The summed E-state index contributed by atoms with van der Waals surface area (Å²) >= 11 is 6.16. The van der Waals surface area contributed by atoms with Crippen molar-refractivity contribution in [1.29, 1.82) is 0 Å². The molecule has 2 N–H and O–H groups in total. The third kappa shape index (κ3) is 10.9. The second-order valence-electron chi connectivity index (χ2n) is 7.62. The zero-order valence-electron chi connectivity index (χ0n) is 19.0. The number of amides is 1. The van der Waals surface area contributed by atoms with Crippen molar-refractivity contribution in [3.63, 3.8) is 0 Å². The van der Waals surface area contributed by atoms with E-state index in [0.717, 1.165) is 11.1 Å². The predicted octanol–water partition coefficient (Wildman–Crippen LogP) is 6.41. The van der Waals surface area contributed by atoms with Gasteiger partial charge in [-0.2, -0.15) is 13.2 Å². The number of alkyl halides is 3. The molecule has 0 fully saturated rings. The van der Waals surface area contributed by atoms with Crippen LogP contribution >= 0.6 is 11.6 Å². The summed E-state index contributed by atoms with van der Waals surface area (Å²) in [7, 11) is 0. The number of nitrogens with one attached hydrogen (secondary N) is 1. The third-order valence-electron chi connectivity index (χ3n) is 3.79. The summed E-state index contributed by atoms with van der Waals surface area (Å²) in [5.74, 6) is -0.474. The molecule has 0 aliphatic rings. The zero-order valence-corrected chi connectivity index (χ0v) is 19.7. The maximum absolute atomic E-state index is 12.6. The molecule has 32 heavy (non-hydrogen) atoms. The number of carbonyl (C=O) groups excluding carboxylic acids is 3. The Morgan fingerprint density at radius 2 is 1.44 bits per heavy atom. The Morgan fingerprint density at radius 3 is 1.84 bits per heavy atom. The second-order valence-corrected chi connectivity index (χ2v) is 8.03. The molecule has 5 nitrogen and oxygen atoms in total. The molecule has 0 unspecified atom stereocenters. The van der Waals surface area contributed by atoms with Gasteiger partial charge in [-0.25, -0.2) is 0 Å². The number of phenolic OH excluding ortho intramolecular Hbond substituents is 1. The van der Waals surface area contributed by atoms with Gasteiger partial charge in [0.2, 0.25) is 0 Å². The van der Waals surface area contributed by atoms with Crippen molar-refractivity contribution in [2.45, 2.75) is 53.1 Å². The standard InChI is InChI=1S/C19H22ClNO2.C2H3F3.2CH2O/c1-11-6-9-15(12(2)10-11)21-18(23)16-14(20)8-7-13(17(16)22)19(3,4)5;1-2(3,4)5;2*1-2/h6-10,22H,1-5H3,(H,21,23);1H3;2*1H2. The summed E-state index contributed by atoms with van der Waals surface area (Å²) < 4.78 is 31.1. The van der Waals surface area contributed by atoms with E-state index >= 15 is 0 Å². The molecule has 0 heterocycles. The van der Waals surface area contributed by atoms with Crippen LogP contribution in [0.15, 0.2) is 30.3 Å². The van der Waals surface area contributed by atoms with E-state index in [1.165, 1.54) is 0 Å². The van der Waals surface area contributed by atoms with Gasteiger partial charge in [-0.15, -0.1) is 0 Å². The second kappa shape index (κ2) is 13.5. The number of benzene rings is 2. The number of anilines is 1. The van der Waals surface area contributed by atoms with Gasteiger partial charge in [0.1, 0.15) is 24.9 Å². The topological polar surface area (TPSA) is 83.5 Å². The number of phenols is 1. The minimum Gasteiger partial charge on any atom is -0.507 e. The van der Waals surface area contributed by atoms with Crippen LogP contribution in [0, 0.1) is 13.8 Å². The molecule has 2 aromatic carbocycles. The maximum atomic E-state index is 12.6. The highest BCUT2D eigenvalue weighted by molar-refractivity contribution is 6.35. The molecule has 0 atom stereocenters. The highest BCUT2D eigenvalue weighted by Gasteiger charge is 2.25. The van der Waals surface area contributed by atoms with Crippen molar-refractivity contribution in [3.8, 4) is 5.75 Å². The summed E-state index contributed by atoms with van der Waals surface area (Å²) in [6, 6.07) is 9.17. The third-order valence-corrected chi connectivity index (χ3v) is 4.11. The van der Waals surface area contributed by atoms with E-state index in [1.807, 2.05) is 66.4 Å². The van der Waals surface area contributed by atoms with E-state index in [9.17, 15) is 23.1 Å². The number of rotatable bonds is 2. The predicted molar refractivity (Wildman–Crippen MR) is 122 cm³/mol. The number of aromatic hydroxyl groups is 1. The number of hydrogen-bond acceptors (Lipinski definition) is 4. The molecular weight excluding hydrogens is 447 g/mol. The van der Waals surface area contributed by atoms with Crippen LogP contribution in [-0.4, -0.2) is 30.8 Å². The first-order chi connectivity index (χ1) is 14.6. The summed E-state index contributed by atoms with van der Waals surface area (Å²) in [4.78, 5) is 28.6. The van der Waals surface area contributed by atoms with Crippen LogP contribution in [-0.2, 0) is 15.0 Å². The minimum absolute atomic E-state index is 0.0627. The minimum atomic E-state index is -4.00. The SMILES string of the molecule is C=O.C=O.CC(F)(F)F.Cc1ccc(NC(=O)c2c(Cl)ccc(C(C)(C)C)c2O)c(C)c1. The lowest BCUT2D eigenvalue weighted by Gasteiger charge is -2.22. The average Bonchev–Trinajstić information content (AvgIpc) is 2.65. The largest absolute Gasteiger partial charge is 0.507 e. The summed E-state index contributed by atoms with van der Waals surface area (Å²) in [5.41, 5.74) is 3.30. The lowest BCUT2D eigenvalue weighted by molar-refractivity contribution is -0.110. The molecular formula is C23H29ClF3NO4. The van der Waals surface area contributed by atoms with Gasteiger partial charge in [0.25, 0.3) is 5.91 Å². The fourth-order valence-electron chi connectivity index (χ4n) is 2.53. The van der Waals surface area contributed by atoms with Crippen molar-refractivity contribution >= 4 is 36.8 Å². The first-order valence-corrected chi connectivity index (χ1v) is 9.54. The fraction of sp³-hybridized carbons (Fsp3) is 0.348. The van der Waals surface area contributed by atoms with Gasteiger partial charge in [-0.05, 0) is 37.0 Å². The highest BCUT2D eigenvalue weighted by Crippen LogP contribution is 2.37. The fourth-order valence-corrected chi connectivity index (χ4v) is 2.76. The quantitative estimate of drug-likeness (QED) is 0.525. The Bertz CT molecular complexity index is 886. The van der Waals surface area contributed by atoms with Crippen molar-refractivity contribution < 1.29 is 32.7 Å². The van der Waals surface area contributed by atoms with Crippen LogP contribution in [0.4, 0.5) is 18.9 Å². The number of carbonyl (C=O) groups is 3. The Labute approximate surface area is 191 Å². The van der Waals surface area contributed by atoms with Crippen molar-refractivity contribution in [2.24, 2.45) is 0 Å². The zero-order chi connectivity index (χ0) is 25.9. The summed E-state index contributed by atoms with van der Waals surface area (Å²) in [6.45, 7) is 14.0. The summed E-state index contributed by atoms with van der Waals surface area (Å²) in [6.07, 6.45) is -4.00. The Kier molecular flexibility index (Phi) is 13.2. The molecule has 0 bridgehead atoms. The molecule has 0 aliphatic heterocycles. The first kappa shape index (κ1) is 31.3. The smallest absolute Gasteiger partial charge is 0.386 e. The molecule has 2 aromatic rings. The van der Waals surface area contributed by atoms with E-state index < -0.39 is 12.1 Å². The van der Waals surface area contributed by atoms with Crippen LogP contribution in [0.5, 0.6) is 5.75 Å². The van der Waals surface area contributed by atoms with E-state index in [4.69, 9.17) is 21.2 Å². The van der Waals surface area contributed by atoms with Gasteiger partial charge < -0.3 is 20.0 Å². The number of hydrogen-bond donors (Lipinski definition) is 2. The molecule has 0 aromatic heterocycles. The Morgan fingerprint density at radius 1 is 0.969 bits per heavy atom. The van der Waals surface area contributed by atoms with Crippen LogP contribution in [0.1, 0.15) is 54.7 Å². The number of halogens is 4. The van der Waals surface area contributed by atoms with Gasteiger partial charge in [0.05, 0.1) is 5.02 Å². The average molecular weight is 476 g/mol. The maximum Gasteiger partial charge on any atom is 0.386 e. The molecule has 178 valence electrons. The van der Waals surface area contributed by atoms with E-state index in [1.54, 1.807) is 12.1 Å². The number of aryl methyl sites for hydroxylation is 2. The van der Waals surface area contributed by atoms with Gasteiger partial charge in [-0.1, -0.05) is 56.1 Å². The Balaban J connectivity index is 0. The molecule has 0 spiro atoms.